The van der Waals surface area contributed by atoms with Crippen LogP contribution in [0.1, 0.15) is 80.1 Å². The Labute approximate surface area is 181 Å². The first kappa shape index (κ1) is 26.1. The van der Waals surface area contributed by atoms with Crippen molar-refractivity contribution in [2.24, 2.45) is 5.92 Å². The molecule has 1 aliphatic rings. The Kier molecular flexibility index (Phi) is 11.0. The van der Waals surface area contributed by atoms with Gasteiger partial charge >= 0.3 is 11.9 Å². The van der Waals surface area contributed by atoms with E-state index in [1.165, 1.54) is 13.8 Å². The van der Waals surface area contributed by atoms with Crippen LogP contribution < -0.4 is 0 Å². The zero-order valence-electron chi connectivity index (χ0n) is 19.4. The highest BCUT2D eigenvalue weighted by Gasteiger charge is 2.39. The average Bonchev–Trinajstić information content (AvgIpc) is 2.79. The maximum Gasteiger partial charge on any atom is 0.303 e. The van der Waals surface area contributed by atoms with Gasteiger partial charge in [0.25, 0.3) is 0 Å². The van der Waals surface area contributed by atoms with Crippen molar-refractivity contribution in [2.75, 3.05) is 13.2 Å². The lowest BCUT2D eigenvalue weighted by Crippen LogP contribution is -2.43. The number of Topliss-reactive ketones (excluding diaryl/α,β-unsaturated/α-hetero) is 1. The normalized spacial score (nSPS) is 23.9. The van der Waals surface area contributed by atoms with Crippen molar-refractivity contribution in [3.05, 3.63) is 23.3 Å². The number of ketones is 1. The summed E-state index contributed by atoms with van der Waals surface area (Å²) in [5.41, 5.74) is 1.56. The topological polar surface area (TPSA) is 78.9 Å². The SMILES string of the molecule is CC(=O)OCC=C1CC[C@@H](OC(C)=O)[C@](C)(CCCC(C)C(=O)CC=C(C)C)OC1. The number of esters is 2. The van der Waals surface area contributed by atoms with Crippen LogP contribution in [0.3, 0.4) is 0 Å². The minimum Gasteiger partial charge on any atom is -0.462 e. The molecule has 0 aromatic rings. The third kappa shape index (κ3) is 9.70. The van der Waals surface area contributed by atoms with Gasteiger partial charge in [-0.3, -0.25) is 14.4 Å². The van der Waals surface area contributed by atoms with E-state index in [9.17, 15) is 14.4 Å². The van der Waals surface area contributed by atoms with Gasteiger partial charge < -0.3 is 14.2 Å². The molecule has 0 bridgehead atoms. The van der Waals surface area contributed by atoms with Crippen LogP contribution in [0.5, 0.6) is 0 Å². The summed E-state index contributed by atoms with van der Waals surface area (Å²) in [5.74, 6) is -0.415. The van der Waals surface area contributed by atoms with Crippen LogP contribution >= 0.6 is 0 Å². The first-order valence-corrected chi connectivity index (χ1v) is 10.8. The Morgan fingerprint density at radius 1 is 1.20 bits per heavy atom. The molecule has 1 fully saturated rings. The second kappa shape index (κ2) is 12.7. The molecule has 0 aliphatic carbocycles. The largest absolute Gasteiger partial charge is 0.462 e. The monoisotopic (exact) mass is 422 g/mol. The summed E-state index contributed by atoms with van der Waals surface area (Å²) in [6.45, 7) is 11.3. The molecule has 1 aliphatic heterocycles. The molecule has 0 amide bonds. The predicted octanol–water partition coefficient (Wildman–Crippen LogP) is 4.71. The van der Waals surface area contributed by atoms with Crippen LogP contribution in [0.4, 0.5) is 0 Å². The molecule has 6 heteroatoms. The van der Waals surface area contributed by atoms with Gasteiger partial charge in [-0.15, -0.1) is 0 Å². The maximum absolute atomic E-state index is 12.3. The summed E-state index contributed by atoms with van der Waals surface area (Å²) in [4.78, 5) is 34.9. The molecular formula is C24H38O6. The second-order valence-corrected chi connectivity index (χ2v) is 8.65. The molecule has 0 spiro atoms. The third-order valence-electron chi connectivity index (χ3n) is 5.53. The number of allylic oxidation sites excluding steroid dienone is 2. The van der Waals surface area contributed by atoms with Gasteiger partial charge in [-0.25, -0.2) is 0 Å². The van der Waals surface area contributed by atoms with E-state index in [4.69, 9.17) is 14.2 Å². The number of carbonyl (C=O) groups is 3. The van der Waals surface area contributed by atoms with Gasteiger partial charge in [-0.2, -0.15) is 0 Å². The average molecular weight is 423 g/mol. The van der Waals surface area contributed by atoms with Crippen molar-refractivity contribution in [1.82, 2.24) is 0 Å². The molecular weight excluding hydrogens is 384 g/mol. The molecule has 0 radical (unpaired) electrons. The highest BCUT2D eigenvalue weighted by molar-refractivity contribution is 5.82. The zero-order valence-corrected chi connectivity index (χ0v) is 19.4. The van der Waals surface area contributed by atoms with E-state index < -0.39 is 5.60 Å². The van der Waals surface area contributed by atoms with Crippen LogP contribution in [0.2, 0.25) is 0 Å². The van der Waals surface area contributed by atoms with Crippen molar-refractivity contribution in [2.45, 2.75) is 91.8 Å². The van der Waals surface area contributed by atoms with Crippen molar-refractivity contribution < 1.29 is 28.6 Å². The zero-order chi connectivity index (χ0) is 22.7. The number of ether oxygens (including phenoxy) is 3. The first-order chi connectivity index (χ1) is 14.0. The van der Waals surface area contributed by atoms with E-state index in [1.807, 2.05) is 39.8 Å². The van der Waals surface area contributed by atoms with Crippen LogP contribution in [0, 0.1) is 5.92 Å². The highest BCUT2D eigenvalue weighted by Crippen LogP contribution is 2.34. The quantitative estimate of drug-likeness (QED) is 0.375. The fourth-order valence-corrected chi connectivity index (χ4v) is 3.53. The van der Waals surface area contributed by atoms with Crippen molar-refractivity contribution in [3.8, 4) is 0 Å². The lowest BCUT2D eigenvalue weighted by molar-refractivity contribution is -0.167. The van der Waals surface area contributed by atoms with E-state index in [2.05, 4.69) is 0 Å². The first-order valence-electron chi connectivity index (χ1n) is 10.8. The van der Waals surface area contributed by atoms with Gasteiger partial charge in [0.05, 0.1) is 6.61 Å². The fourth-order valence-electron chi connectivity index (χ4n) is 3.53. The number of carbonyl (C=O) groups excluding carboxylic acids is 3. The molecule has 0 aromatic heterocycles. The Morgan fingerprint density at radius 3 is 2.50 bits per heavy atom. The van der Waals surface area contributed by atoms with Crippen LogP contribution in [0.25, 0.3) is 0 Å². The van der Waals surface area contributed by atoms with Crippen LogP contribution in [0.15, 0.2) is 23.3 Å². The Balaban J connectivity index is 2.72. The number of hydrogen-bond donors (Lipinski definition) is 0. The summed E-state index contributed by atoms with van der Waals surface area (Å²) in [5, 5.41) is 0. The minimum atomic E-state index is -0.620. The molecule has 0 N–H and O–H groups in total. The summed E-state index contributed by atoms with van der Waals surface area (Å²) in [6.07, 6.45) is 7.59. The third-order valence-corrected chi connectivity index (χ3v) is 5.53. The molecule has 170 valence electrons. The molecule has 1 rings (SSSR count). The van der Waals surface area contributed by atoms with Gasteiger partial charge in [0, 0.05) is 26.2 Å². The van der Waals surface area contributed by atoms with E-state index in [-0.39, 0.29) is 36.4 Å². The number of rotatable bonds is 10. The second-order valence-electron chi connectivity index (χ2n) is 8.65. The predicted molar refractivity (Wildman–Crippen MR) is 116 cm³/mol. The van der Waals surface area contributed by atoms with Gasteiger partial charge in [-0.1, -0.05) is 18.6 Å². The minimum absolute atomic E-state index is 0.0126. The molecule has 0 aromatic carbocycles. The standard InChI is InChI=1S/C24H38O6/c1-17(2)9-11-22(27)18(3)8-7-14-24(6)23(30-20(5)26)12-10-21(16-29-24)13-15-28-19(4)25/h9,13,18,23H,7-8,10-12,14-16H2,1-6H3/t18?,23-,24+/m1/s1. The van der Waals surface area contributed by atoms with Gasteiger partial charge in [-0.05, 0) is 64.5 Å². The van der Waals surface area contributed by atoms with Crippen molar-refractivity contribution >= 4 is 17.7 Å². The maximum atomic E-state index is 12.3. The lowest BCUT2D eigenvalue weighted by atomic mass is 9.87. The van der Waals surface area contributed by atoms with Crippen molar-refractivity contribution in [3.63, 3.8) is 0 Å². The Bertz CT molecular complexity index is 659. The van der Waals surface area contributed by atoms with E-state index >= 15 is 0 Å². The number of hydrogen-bond acceptors (Lipinski definition) is 6. The van der Waals surface area contributed by atoms with E-state index in [0.717, 1.165) is 24.0 Å². The highest BCUT2D eigenvalue weighted by atomic mass is 16.6. The molecule has 0 saturated carbocycles. The molecule has 1 saturated heterocycles. The van der Waals surface area contributed by atoms with E-state index in [1.54, 1.807) is 0 Å². The molecule has 6 nitrogen and oxygen atoms in total. The van der Waals surface area contributed by atoms with Crippen LogP contribution in [-0.4, -0.2) is 42.6 Å². The Hall–Kier alpha value is -1.95. The van der Waals surface area contributed by atoms with Gasteiger partial charge in [0.1, 0.15) is 24.1 Å². The Morgan fingerprint density at radius 2 is 1.90 bits per heavy atom. The van der Waals surface area contributed by atoms with Crippen molar-refractivity contribution in [1.29, 1.82) is 0 Å². The summed E-state index contributed by atoms with van der Waals surface area (Å²) >= 11 is 0. The van der Waals surface area contributed by atoms with Gasteiger partial charge in [0.15, 0.2) is 0 Å². The van der Waals surface area contributed by atoms with Crippen LogP contribution in [-0.2, 0) is 28.6 Å². The van der Waals surface area contributed by atoms with E-state index in [0.29, 0.717) is 32.3 Å². The molecule has 1 unspecified atom stereocenters. The molecule has 3 atom stereocenters. The summed E-state index contributed by atoms with van der Waals surface area (Å²) in [7, 11) is 0. The summed E-state index contributed by atoms with van der Waals surface area (Å²) in [6, 6.07) is 0. The van der Waals surface area contributed by atoms with Gasteiger partial charge in [0.2, 0.25) is 0 Å². The fraction of sp³-hybridized carbons (Fsp3) is 0.708. The molecule has 1 heterocycles. The molecule has 30 heavy (non-hydrogen) atoms. The summed E-state index contributed by atoms with van der Waals surface area (Å²) < 4.78 is 16.8. The lowest BCUT2D eigenvalue weighted by Gasteiger charge is -2.35. The smallest absolute Gasteiger partial charge is 0.303 e.